The maximum Gasteiger partial charge on any atom is 0.491 e. The Labute approximate surface area is 168 Å². The Morgan fingerprint density at radius 2 is 2.00 bits per heavy atom. The molecule has 2 heterocycles. The van der Waals surface area contributed by atoms with Gasteiger partial charge in [0.15, 0.2) is 0 Å². The minimum Gasteiger partial charge on any atom is -0.477 e. The van der Waals surface area contributed by atoms with Crippen molar-refractivity contribution in [1.29, 1.82) is 10.5 Å². The van der Waals surface area contributed by atoms with Gasteiger partial charge in [0.1, 0.15) is 34.8 Å². The van der Waals surface area contributed by atoms with Crippen LogP contribution in [0.2, 0.25) is 0 Å². The number of aromatic nitrogens is 1. The molecule has 0 radical (unpaired) electrons. The van der Waals surface area contributed by atoms with Crippen molar-refractivity contribution >= 4 is 18.4 Å². The van der Waals surface area contributed by atoms with E-state index in [1.807, 2.05) is 12.1 Å². The molecule has 0 spiro atoms. The third kappa shape index (κ3) is 4.91. The summed E-state index contributed by atoms with van der Waals surface area (Å²) in [5.74, 6) is 0.624. The molecule has 1 N–H and O–H groups in total. The Morgan fingerprint density at radius 3 is 2.72 bits per heavy atom. The van der Waals surface area contributed by atoms with Gasteiger partial charge in [0.2, 0.25) is 11.8 Å². The molecule has 3 rings (SSSR count). The number of ketones is 1. The number of hydrogen-bond acceptors (Lipinski definition) is 8. The summed E-state index contributed by atoms with van der Waals surface area (Å²) in [6, 6.07) is 10.3. The minimum atomic E-state index is -0.954. The van der Waals surface area contributed by atoms with Crippen LogP contribution in [-0.4, -0.2) is 29.5 Å². The average molecular weight is 391 g/mol. The van der Waals surface area contributed by atoms with Gasteiger partial charge in [-0.1, -0.05) is 6.07 Å². The van der Waals surface area contributed by atoms with E-state index in [1.165, 1.54) is 13.0 Å². The Morgan fingerprint density at radius 1 is 1.24 bits per heavy atom. The van der Waals surface area contributed by atoms with Gasteiger partial charge in [0.05, 0.1) is 13.2 Å². The Balaban J connectivity index is 1.78. The highest BCUT2D eigenvalue weighted by Gasteiger charge is 2.27. The van der Waals surface area contributed by atoms with Gasteiger partial charge in [-0.25, -0.2) is 0 Å². The van der Waals surface area contributed by atoms with Crippen molar-refractivity contribution in [2.45, 2.75) is 32.8 Å². The summed E-state index contributed by atoms with van der Waals surface area (Å²) in [4.78, 5) is 15.2. The number of nitrogens with zero attached hydrogens (tertiary/aromatic N) is 3. The van der Waals surface area contributed by atoms with Gasteiger partial charge >= 0.3 is 7.12 Å². The molecule has 0 bridgehead atoms. The summed E-state index contributed by atoms with van der Waals surface area (Å²) < 4.78 is 16.5. The van der Waals surface area contributed by atoms with E-state index in [1.54, 1.807) is 18.2 Å². The Kier molecular flexibility index (Phi) is 6.45. The van der Waals surface area contributed by atoms with Crippen LogP contribution in [-0.2, 0) is 16.1 Å². The second-order valence-electron chi connectivity index (χ2n) is 6.55. The molecule has 8 nitrogen and oxygen atoms in total. The maximum absolute atomic E-state index is 11.0. The highest BCUT2D eigenvalue weighted by atomic mass is 16.5. The normalized spacial score (nSPS) is 12.1. The lowest BCUT2D eigenvalue weighted by Gasteiger charge is -2.11. The van der Waals surface area contributed by atoms with Gasteiger partial charge in [-0.3, -0.25) is 0 Å². The van der Waals surface area contributed by atoms with E-state index in [9.17, 15) is 20.3 Å². The number of rotatable bonds is 8. The lowest BCUT2D eigenvalue weighted by molar-refractivity contribution is -0.117. The van der Waals surface area contributed by atoms with Crippen molar-refractivity contribution in [3.63, 3.8) is 0 Å². The fourth-order valence-electron chi connectivity index (χ4n) is 2.86. The van der Waals surface area contributed by atoms with E-state index < -0.39 is 7.12 Å². The first-order chi connectivity index (χ1) is 14.0. The molecule has 0 unspecified atom stereocenters. The number of hydrogen-bond donors (Lipinski definition) is 1. The lowest BCUT2D eigenvalue weighted by atomic mass is 9.80. The molecule has 0 saturated carbocycles. The van der Waals surface area contributed by atoms with Crippen LogP contribution < -0.4 is 14.9 Å². The Hall–Kier alpha value is -3.40. The zero-order valence-electron chi connectivity index (χ0n) is 15.8. The summed E-state index contributed by atoms with van der Waals surface area (Å²) in [6.45, 7) is 2.08. The SMILES string of the molecule is CC(=O)CCCCOc1nc(Oc2ccc3c(c2)COB3O)c(C#N)cc1C#N. The number of pyridine rings is 1. The quantitative estimate of drug-likeness (QED) is 0.535. The molecule has 29 heavy (non-hydrogen) atoms. The third-order valence-electron chi connectivity index (χ3n) is 4.35. The smallest absolute Gasteiger partial charge is 0.477 e. The molecule has 9 heteroatoms. The highest BCUT2D eigenvalue weighted by molar-refractivity contribution is 6.61. The first-order valence-corrected chi connectivity index (χ1v) is 9.09. The number of Topliss-reactive ketones (excluding diaryl/α,β-unsaturated/α-hetero) is 1. The first kappa shape index (κ1) is 20.3. The largest absolute Gasteiger partial charge is 0.491 e. The standard InChI is InChI=1S/C20H18BN3O5/c1-13(25)4-2-3-7-27-19-14(10-22)8-15(11-23)20(24-19)29-17-5-6-18-16(9-17)12-28-21(18)26/h5-6,8-9,26H,2-4,7,12H2,1H3. The monoisotopic (exact) mass is 391 g/mol. The van der Waals surface area contributed by atoms with Gasteiger partial charge in [-0.05, 0) is 49.0 Å². The van der Waals surface area contributed by atoms with Gasteiger partial charge in [0, 0.05) is 6.42 Å². The fourth-order valence-corrected chi connectivity index (χ4v) is 2.86. The molecule has 1 aliphatic heterocycles. The molecule has 0 saturated heterocycles. The number of carbonyl (C=O) groups excluding carboxylic acids is 1. The van der Waals surface area contributed by atoms with Crippen molar-refractivity contribution in [3.05, 3.63) is 41.0 Å². The maximum atomic E-state index is 11.0. The zero-order chi connectivity index (χ0) is 20.8. The minimum absolute atomic E-state index is 0.0182. The number of fused-ring (bicyclic) bond motifs is 1. The van der Waals surface area contributed by atoms with Crippen LogP contribution in [0.5, 0.6) is 17.5 Å². The van der Waals surface area contributed by atoms with Crippen molar-refractivity contribution in [2.24, 2.45) is 0 Å². The second kappa shape index (κ2) is 9.20. The lowest BCUT2D eigenvalue weighted by Crippen LogP contribution is -2.27. The average Bonchev–Trinajstić information content (AvgIpc) is 3.08. The van der Waals surface area contributed by atoms with Crippen molar-refractivity contribution < 1.29 is 23.9 Å². The number of nitriles is 2. The van der Waals surface area contributed by atoms with E-state index in [2.05, 4.69) is 4.98 Å². The number of benzene rings is 1. The molecule has 2 aromatic rings. The number of carbonyl (C=O) groups is 1. The van der Waals surface area contributed by atoms with Crippen LogP contribution in [0, 0.1) is 22.7 Å². The summed E-state index contributed by atoms with van der Waals surface area (Å²) in [6.07, 6.45) is 1.79. The van der Waals surface area contributed by atoms with Gasteiger partial charge in [0.25, 0.3) is 0 Å². The predicted molar refractivity (Wildman–Crippen MR) is 103 cm³/mol. The molecule has 1 aliphatic rings. The molecule has 0 aliphatic carbocycles. The fraction of sp³-hybridized carbons (Fsp3) is 0.300. The van der Waals surface area contributed by atoms with Crippen LogP contribution in [0.15, 0.2) is 24.3 Å². The molecule has 1 aromatic carbocycles. The van der Waals surface area contributed by atoms with Crippen LogP contribution in [0.4, 0.5) is 0 Å². The van der Waals surface area contributed by atoms with Crippen molar-refractivity contribution in [2.75, 3.05) is 6.61 Å². The molecule has 146 valence electrons. The third-order valence-corrected chi connectivity index (χ3v) is 4.35. The van der Waals surface area contributed by atoms with E-state index in [0.717, 1.165) is 5.56 Å². The van der Waals surface area contributed by atoms with E-state index in [4.69, 9.17) is 14.1 Å². The summed E-state index contributed by atoms with van der Waals surface area (Å²) in [7, 11) is -0.954. The van der Waals surface area contributed by atoms with E-state index in [0.29, 0.717) is 30.5 Å². The predicted octanol–water partition coefficient (Wildman–Crippen LogP) is 1.97. The topological polar surface area (TPSA) is 125 Å². The summed E-state index contributed by atoms with van der Waals surface area (Å²) >= 11 is 0. The molecule has 0 fully saturated rings. The molecular weight excluding hydrogens is 373 g/mol. The van der Waals surface area contributed by atoms with Gasteiger partial charge in [-0.15, -0.1) is 0 Å². The van der Waals surface area contributed by atoms with Crippen LogP contribution in [0.25, 0.3) is 0 Å². The van der Waals surface area contributed by atoms with Gasteiger partial charge in [-0.2, -0.15) is 15.5 Å². The summed E-state index contributed by atoms with van der Waals surface area (Å²) in [5, 5.41) is 28.4. The molecular formula is C20H18BN3O5. The number of unbranched alkanes of at least 4 members (excludes halogenated alkanes) is 1. The Bertz CT molecular complexity index is 1010. The first-order valence-electron chi connectivity index (χ1n) is 9.09. The van der Waals surface area contributed by atoms with Crippen molar-refractivity contribution in [3.8, 4) is 29.6 Å². The molecule has 1 aromatic heterocycles. The van der Waals surface area contributed by atoms with Crippen LogP contribution in [0.1, 0.15) is 42.9 Å². The zero-order valence-corrected chi connectivity index (χ0v) is 15.8. The molecule has 0 atom stereocenters. The summed E-state index contributed by atoms with van der Waals surface area (Å²) in [5.41, 5.74) is 1.68. The van der Waals surface area contributed by atoms with Crippen molar-refractivity contribution in [1.82, 2.24) is 4.98 Å². The second-order valence-corrected chi connectivity index (χ2v) is 6.55. The molecule has 0 amide bonds. The van der Waals surface area contributed by atoms with E-state index in [-0.39, 0.29) is 41.9 Å². The highest BCUT2D eigenvalue weighted by Crippen LogP contribution is 2.29. The van der Waals surface area contributed by atoms with Crippen LogP contribution in [0.3, 0.4) is 0 Å². The van der Waals surface area contributed by atoms with Gasteiger partial charge < -0.3 is 23.9 Å². The van der Waals surface area contributed by atoms with Crippen LogP contribution >= 0.6 is 0 Å². The van der Waals surface area contributed by atoms with E-state index >= 15 is 0 Å². The number of ether oxygens (including phenoxy) is 2.